The quantitative estimate of drug-likeness (QED) is 0.827. The number of amides is 2. The standard InChI is InChI=1S/C19H26N4O2S/c1-12-3-4-14-15(11-12)26-19(16(14)17(21)24)22-18(25)13-5-9-23(10-6-13)8-2-7-20/h12-13H,2-6,8-11H2,1H3,(H2,21,24)(H,22,25). The lowest BCUT2D eigenvalue weighted by atomic mass is 9.88. The molecule has 1 saturated heterocycles. The van der Waals surface area contributed by atoms with Gasteiger partial charge in [-0.05, 0) is 56.7 Å². The maximum Gasteiger partial charge on any atom is 0.251 e. The first kappa shape index (κ1) is 18.9. The highest BCUT2D eigenvalue weighted by molar-refractivity contribution is 7.17. The number of nitrogens with zero attached hydrogens (tertiary/aromatic N) is 2. The first-order chi connectivity index (χ1) is 12.5. The summed E-state index contributed by atoms with van der Waals surface area (Å²) in [5.74, 6) is 0.0908. The third kappa shape index (κ3) is 4.08. The van der Waals surface area contributed by atoms with Gasteiger partial charge in [0, 0.05) is 23.8 Å². The molecule has 1 aliphatic heterocycles. The van der Waals surface area contributed by atoms with Crippen molar-refractivity contribution >= 4 is 28.2 Å². The number of primary amides is 1. The van der Waals surface area contributed by atoms with Crippen LogP contribution in [0.3, 0.4) is 0 Å². The van der Waals surface area contributed by atoms with Crippen molar-refractivity contribution in [3.63, 3.8) is 0 Å². The van der Waals surface area contributed by atoms with Crippen molar-refractivity contribution in [3.8, 4) is 6.07 Å². The van der Waals surface area contributed by atoms with Crippen molar-refractivity contribution in [3.05, 3.63) is 16.0 Å². The average Bonchev–Trinajstić information content (AvgIpc) is 2.97. The van der Waals surface area contributed by atoms with Crippen LogP contribution < -0.4 is 11.1 Å². The maximum atomic E-state index is 12.7. The van der Waals surface area contributed by atoms with Crippen LogP contribution >= 0.6 is 11.3 Å². The van der Waals surface area contributed by atoms with E-state index in [1.54, 1.807) is 0 Å². The fourth-order valence-electron chi connectivity index (χ4n) is 3.94. The number of fused-ring (bicyclic) bond motifs is 1. The molecular weight excluding hydrogens is 348 g/mol. The van der Waals surface area contributed by atoms with Gasteiger partial charge in [0.05, 0.1) is 11.6 Å². The van der Waals surface area contributed by atoms with Gasteiger partial charge in [-0.1, -0.05) is 6.92 Å². The van der Waals surface area contributed by atoms with E-state index in [0.29, 0.717) is 22.9 Å². The highest BCUT2D eigenvalue weighted by atomic mass is 32.1. The molecular formula is C19H26N4O2S. The van der Waals surface area contributed by atoms with E-state index in [1.807, 2.05) is 0 Å². The molecule has 0 saturated carbocycles. The van der Waals surface area contributed by atoms with E-state index >= 15 is 0 Å². The average molecular weight is 375 g/mol. The van der Waals surface area contributed by atoms with Crippen LogP contribution in [0.4, 0.5) is 5.00 Å². The summed E-state index contributed by atoms with van der Waals surface area (Å²) in [4.78, 5) is 28.1. The van der Waals surface area contributed by atoms with Gasteiger partial charge in [0.25, 0.3) is 5.91 Å². The molecule has 3 rings (SSSR count). The van der Waals surface area contributed by atoms with E-state index in [9.17, 15) is 9.59 Å². The molecule has 1 atom stereocenters. The summed E-state index contributed by atoms with van der Waals surface area (Å²) in [6.45, 7) is 4.65. The Labute approximate surface area is 158 Å². The number of carbonyl (C=O) groups is 2. The molecule has 6 nitrogen and oxygen atoms in total. The van der Waals surface area contributed by atoms with E-state index in [-0.39, 0.29) is 11.8 Å². The van der Waals surface area contributed by atoms with Gasteiger partial charge in [0.2, 0.25) is 5.91 Å². The Balaban J connectivity index is 1.67. The lowest BCUT2D eigenvalue weighted by Gasteiger charge is -2.30. The van der Waals surface area contributed by atoms with Gasteiger partial charge in [-0.2, -0.15) is 5.26 Å². The zero-order valence-corrected chi connectivity index (χ0v) is 16.0. The molecule has 0 aromatic carbocycles. The SMILES string of the molecule is CC1CCc2c(sc(NC(=O)C3CCN(CCC#N)CC3)c2C(N)=O)C1. The Bertz CT molecular complexity index is 729. The Kier molecular flexibility index (Phi) is 5.94. The number of hydrogen-bond acceptors (Lipinski definition) is 5. The number of thiophene rings is 1. The minimum atomic E-state index is -0.446. The normalized spacial score (nSPS) is 21.0. The minimum absolute atomic E-state index is 0.0147. The number of piperidine rings is 1. The number of carbonyl (C=O) groups excluding carboxylic acids is 2. The van der Waals surface area contributed by atoms with Crippen LogP contribution in [0.5, 0.6) is 0 Å². The van der Waals surface area contributed by atoms with E-state index in [4.69, 9.17) is 11.0 Å². The number of hydrogen-bond donors (Lipinski definition) is 2. The summed E-state index contributed by atoms with van der Waals surface area (Å²) in [6, 6.07) is 2.16. The fourth-order valence-corrected chi connectivity index (χ4v) is 5.36. The second kappa shape index (κ2) is 8.19. The van der Waals surface area contributed by atoms with Gasteiger partial charge >= 0.3 is 0 Å². The molecule has 2 heterocycles. The monoisotopic (exact) mass is 374 g/mol. The first-order valence-electron chi connectivity index (χ1n) is 9.34. The number of nitriles is 1. The van der Waals surface area contributed by atoms with Crippen LogP contribution in [-0.4, -0.2) is 36.3 Å². The summed E-state index contributed by atoms with van der Waals surface area (Å²) in [5, 5.41) is 12.3. The second-order valence-electron chi connectivity index (χ2n) is 7.43. The Hall–Kier alpha value is -1.91. The molecule has 0 spiro atoms. The molecule has 1 aliphatic carbocycles. The molecule has 1 aromatic rings. The molecule has 2 amide bonds. The molecule has 1 aromatic heterocycles. The van der Waals surface area contributed by atoms with Crippen LogP contribution in [0.2, 0.25) is 0 Å². The topological polar surface area (TPSA) is 99.2 Å². The molecule has 0 radical (unpaired) electrons. The third-order valence-corrected chi connectivity index (χ3v) is 6.66. The van der Waals surface area contributed by atoms with Crippen LogP contribution in [0.15, 0.2) is 0 Å². The van der Waals surface area contributed by atoms with Crippen molar-refractivity contribution in [2.75, 3.05) is 25.0 Å². The summed E-state index contributed by atoms with van der Waals surface area (Å²) < 4.78 is 0. The molecule has 1 fully saturated rings. The van der Waals surface area contributed by atoms with Gasteiger partial charge in [-0.25, -0.2) is 0 Å². The lowest BCUT2D eigenvalue weighted by Crippen LogP contribution is -2.38. The summed E-state index contributed by atoms with van der Waals surface area (Å²) >= 11 is 1.52. The van der Waals surface area contributed by atoms with Gasteiger partial charge in [-0.15, -0.1) is 11.3 Å². The Morgan fingerprint density at radius 1 is 1.35 bits per heavy atom. The van der Waals surface area contributed by atoms with Crippen LogP contribution in [0.1, 0.15) is 53.4 Å². The number of rotatable bonds is 5. The van der Waals surface area contributed by atoms with Crippen molar-refractivity contribution in [1.82, 2.24) is 4.90 Å². The predicted octanol–water partition coefficient (Wildman–Crippen LogP) is 2.54. The summed E-state index contributed by atoms with van der Waals surface area (Å²) in [7, 11) is 0. The molecule has 2 aliphatic rings. The van der Waals surface area contributed by atoms with Gasteiger partial charge < -0.3 is 16.0 Å². The minimum Gasteiger partial charge on any atom is -0.365 e. The van der Waals surface area contributed by atoms with E-state index in [1.165, 1.54) is 16.2 Å². The van der Waals surface area contributed by atoms with Crippen molar-refractivity contribution in [1.29, 1.82) is 5.26 Å². The summed E-state index contributed by atoms with van der Waals surface area (Å²) in [6.07, 6.45) is 4.96. The fraction of sp³-hybridized carbons (Fsp3) is 0.632. The highest BCUT2D eigenvalue weighted by Crippen LogP contribution is 2.39. The molecule has 0 bridgehead atoms. The van der Waals surface area contributed by atoms with Crippen LogP contribution in [0, 0.1) is 23.2 Å². The van der Waals surface area contributed by atoms with Crippen LogP contribution in [-0.2, 0) is 17.6 Å². The lowest BCUT2D eigenvalue weighted by molar-refractivity contribution is -0.121. The predicted molar refractivity (Wildman–Crippen MR) is 102 cm³/mol. The molecule has 26 heavy (non-hydrogen) atoms. The summed E-state index contributed by atoms with van der Waals surface area (Å²) in [5.41, 5.74) is 7.19. The highest BCUT2D eigenvalue weighted by Gasteiger charge is 2.30. The largest absolute Gasteiger partial charge is 0.365 e. The molecule has 140 valence electrons. The Morgan fingerprint density at radius 2 is 2.08 bits per heavy atom. The number of anilines is 1. The number of nitrogens with two attached hydrogens (primary N) is 1. The van der Waals surface area contributed by atoms with Crippen molar-refractivity contribution in [2.45, 2.75) is 45.4 Å². The van der Waals surface area contributed by atoms with Crippen molar-refractivity contribution < 1.29 is 9.59 Å². The molecule has 1 unspecified atom stereocenters. The molecule has 3 N–H and O–H groups in total. The smallest absolute Gasteiger partial charge is 0.251 e. The van der Waals surface area contributed by atoms with E-state index < -0.39 is 5.91 Å². The number of nitrogens with one attached hydrogen (secondary N) is 1. The van der Waals surface area contributed by atoms with E-state index in [2.05, 4.69) is 23.2 Å². The zero-order chi connectivity index (χ0) is 18.7. The van der Waals surface area contributed by atoms with Gasteiger partial charge in [0.1, 0.15) is 5.00 Å². The first-order valence-corrected chi connectivity index (χ1v) is 10.2. The number of likely N-dealkylation sites (tertiary alicyclic amines) is 1. The maximum absolute atomic E-state index is 12.7. The second-order valence-corrected chi connectivity index (χ2v) is 8.54. The Morgan fingerprint density at radius 3 is 2.73 bits per heavy atom. The van der Waals surface area contributed by atoms with Gasteiger partial charge in [-0.3, -0.25) is 9.59 Å². The van der Waals surface area contributed by atoms with Crippen molar-refractivity contribution in [2.24, 2.45) is 17.6 Å². The van der Waals surface area contributed by atoms with Gasteiger partial charge in [0.15, 0.2) is 0 Å². The van der Waals surface area contributed by atoms with E-state index in [0.717, 1.165) is 57.3 Å². The molecule has 7 heteroatoms. The third-order valence-electron chi connectivity index (χ3n) is 5.49. The van der Waals surface area contributed by atoms with Crippen LogP contribution in [0.25, 0.3) is 0 Å². The zero-order valence-electron chi connectivity index (χ0n) is 15.2.